The van der Waals surface area contributed by atoms with E-state index >= 15 is 0 Å². The molecule has 1 saturated carbocycles. The summed E-state index contributed by atoms with van der Waals surface area (Å²) in [6.07, 6.45) is 4.44. The van der Waals surface area contributed by atoms with Crippen LogP contribution in [0.15, 0.2) is 12.1 Å². The summed E-state index contributed by atoms with van der Waals surface area (Å²) < 4.78 is 11.3. The van der Waals surface area contributed by atoms with Crippen LogP contribution in [0.3, 0.4) is 0 Å². The average molecular weight is 372 g/mol. The number of benzene rings is 1. The topological polar surface area (TPSA) is 59.1 Å². The average Bonchev–Trinajstić information content (AvgIpc) is 2.87. The van der Waals surface area contributed by atoms with E-state index in [9.17, 15) is 9.59 Å². The molecule has 0 unspecified atom stereocenters. The van der Waals surface area contributed by atoms with Crippen molar-refractivity contribution < 1.29 is 19.1 Å². The molecule has 0 atom stereocenters. The van der Waals surface area contributed by atoms with Gasteiger partial charge in [0.2, 0.25) is 11.8 Å². The second-order valence-electron chi connectivity index (χ2n) is 7.79. The Morgan fingerprint density at radius 1 is 0.963 bits per heavy atom. The molecule has 0 aromatic heterocycles. The first-order chi connectivity index (χ1) is 13.1. The van der Waals surface area contributed by atoms with E-state index in [0.29, 0.717) is 38.6 Å². The molecule has 1 aliphatic carbocycles. The highest BCUT2D eigenvalue weighted by atomic mass is 16.6. The molecule has 6 nitrogen and oxygen atoms in total. The summed E-state index contributed by atoms with van der Waals surface area (Å²) in [7, 11) is 0. The lowest BCUT2D eigenvalue weighted by atomic mass is 9.84. The summed E-state index contributed by atoms with van der Waals surface area (Å²) >= 11 is 0. The van der Waals surface area contributed by atoms with E-state index in [4.69, 9.17) is 9.47 Å². The van der Waals surface area contributed by atoms with Crippen molar-refractivity contribution in [2.75, 3.05) is 39.4 Å². The molecule has 2 aliphatic heterocycles. The van der Waals surface area contributed by atoms with E-state index in [0.717, 1.165) is 55.0 Å². The van der Waals surface area contributed by atoms with Gasteiger partial charge in [0.05, 0.1) is 6.42 Å². The molecule has 0 radical (unpaired) electrons. The summed E-state index contributed by atoms with van der Waals surface area (Å²) in [5.41, 5.74) is 2.03. The van der Waals surface area contributed by atoms with Crippen LogP contribution in [0.4, 0.5) is 0 Å². The molecule has 1 saturated heterocycles. The summed E-state index contributed by atoms with van der Waals surface area (Å²) in [4.78, 5) is 29.2. The van der Waals surface area contributed by atoms with E-state index in [1.54, 1.807) is 0 Å². The standard InChI is InChI=1S/C21H28N2O4/c1-15-12-18-19(27-11-10-26-18)13-17(15)14-20(24)22-6-3-7-23(9-8-22)21(25)16-4-2-5-16/h12-13,16H,2-11,14H2,1H3. The van der Waals surface area contributed by atoms with Gasteiger partial charge in [-0.1, -0.05) is 6.42 Å². The second kappa shape index (κ2) is 7.79. The van der Waals surface area contributed by atoms with Crippen molar-refractivity contribution in [2.24, 2.45) is 5.92 Å². The molecule has 3 aliphatic rings. The van der Waals surface area contributed by atoms with Crippen molar-refractivity contribution in [3.8, 4) is 11.5 Å². The minimum Gasteiger partial charge on any atom is -0.486 e. The lowest BCUT2D eigenvalue weighted by Crippen LogP contribution is -2.41. The Labute approximate surface area is 160 Å². The Balaban J connectivity index is 1.37. The summed E-state index contributed by atoms with van der Waals surface area (Å²) in [5, 5.41) is 0. The quantitative estimate of drug-likeness (QED) is 0.816. The maximum Gasteiger partial charge on any atom is 0.227 e. The Kier molecular flexibility index (Phi) is 5.23. The smallest absolute Gasteiger partial charge is 0.227 e. The van der Waals surface area contributed by atoms with Crippen molar-refractivity contribution in [2.45, 2.75) is 39.0 Å². The molecule has 2 heterocycles. The zero-order valence-corrected chi connectivity index (χ0v) is 16.0. The number of fused-ring (bicyclic) bond motifs is 1. The van der Waals surface area contributed by atoms with Gasteiger partial charge in [-0.3, -0.25) is 9.59 Å². The highest BCUT2D eigenvalue weighted by Gasteiger charge is 2.31. The van der Waals surface area contributed by atoms with E-state index in [-0.39, 0.29) is 11.8 Å². The predicted molar refractivity (Wildman–Crippen MR) is 101 cm³/mol. The summed E-state index contributed by atoms with van der Waals surface area (Å²) in [5.74, 6) is 2.12. The number of amides is 2. The molecule has 0 spiro atoms. The molecular weight excluding hydrogens is 344 g/mol. The molecule has 2 amide bonds. The fourth-order valence-corrected chi connectivity index (χ4v) is 4.00. The molecule has 4 rings (SSSR count). The molecule has 1 aromatic carbocycles. The number of ether oxygens (including phenoxy) is 2. The van der Waals surface area contributed by atoms with Gasteiger partial charge in [0, 0.05) is 32.1 Å². The van der Waals surface area contributed by atoms with Crippen molar-refractivity contribution in [3.63, 3.8) is 0 Å². The minimum absolute atomic E-state index is 0.118. The first kappa shape index (κ1) is 18.1. The summed E-state index contributed by atoms with van der Waals surface area (Å²) in [6, 6.07) is 3.89. The Hall–Kier alpha value is -2.24. The molecule has 6 heteroatoms. The van der Waals surface area contributed by atoms with Gasteiger partial charge in [0.15, 0.2) is 11.5 Å². The number of carbonyl (C=O) groups excluding carboxylic acids is 2. The van der Waals surface area contributed by atoms with Crippen LogP contribution >= 0.6 is 0 Å². The predicted octanol–water partition coefficient (Wildman–Crippen LogP) is 2.17. The summed E-state index contributed by atoms with van der Waals surface area (Å²) in [6.45, 7) is 5.87. The van der Waals surface area contributed by atoms with Crippen LogP contribution in [0.25, 0.3) is 0 Å². The van der Waals surface area contributed by atoms with Crippen LogP contribution in [-0.4, -0.2) is 61.0 Å². The Morgan fingerprint density at radius 3 is 2.33 bits per heavy atom. The number of hydrogen-bond acceptors (Lipinski definition) is 4. The van der Waals surface area contributed by atoms with E-state index in [2.05, 4.69) is 0 Å². The van der Waals surface area contributed by atoms with Crippen LogP contribution in [0.2, 0.25) is 0 Å². The fourth-order valence-electron chi connectivity index (χ4n) is 4.00. The number of nitrogens with zero attached hydrogens (tertiary/aromatic N) is 2. The molecular formula is C21H28N2O4. The first-order valence-electron chi connectivity index (χ1n) is 10.1. The fraction of sp³-hybridized carbons (Fsp3) is 0.619. The van der Waals surface area contributed by atoms with Gasteiger partial charge in [-0.15, -0.1) is 0 Å². The molecule has 0 N–H and O–H groups in total. The SMILES string of the molecule is Cc1cc2c(cc1CC(=O)N1CCCN(C(=O)C3CCC3)CC1)OCCO2. The van der Waals surface area contributed by atoms with Crippen molar-refractivity contribution in [1.29, 1.82) is 0 Å². The van der Waals surface area contributed by atoms with Gasteiger partial charge in [0.1, 0.15) is 13.2 Å². The largest absolute Gasteiger partial charge is 0.486 e. The zero-order chi connectivity index (χ0) is 18.8. The van der Waals surface area contributed by atoms with Gasteiger partial charge < -0.3 is 19.3 Å². The Morgan fingerprint density at radius 2 is 1.63 bits per heavy atom. The van der Waals surface area contributed by atoms with Crippen molar-refractivity contribution in [3.05, 3.63) is 23.3 Å². The lowest BCUT2D eigenvalue weighted by Gasteiger charge is -2.31. The van der Waals surface area contributed by atoms with Gasteiger partial charge >= 0.3 is 0 Å². The molecule has 146 valence electrons. The van der Waals surface area contributed by atoms with Crippen LogP contribution < -0.4 is 9.47 Å². The molecule has 1 aromatic rings. The normalized spacial score (nSPS) is 20.0. The Bertz CT molecular complexity index is 729. The highest BCUT2D eigenvalue weighted by Crippen LogP contribution is 2.33. The van der Waals surface area contributed by atoms with E-state index < -0.39 is 0 Å². The van der Waals surface area contributed by atoms with Gasteiger partial charge in [-0.25, -0.2) is 0 Å². The van der Waals surface area contributed by atoms with Crippen LogP contribution in [-0.2, 0) is 16.0 Å². The highest BCUT2D eigenvalue weighted by molar-refractivity contribution is 5.81. The van der Waals surface area contributed by atoms with Crippen LogP contribution in [0.5, 0.6) is 11.5 Å². The third-order valence-electron chi connectivity index (χ3n) is 5.96. The van der Waals surface area contributed by atoms with E-state index in [1.165, 1.54) is 6.42 Å². The van der Waals surface area contributed by atoms with Crippen LogP contribution in [0.1, 0.15) is 36.8 Å². The molecule has 27 heavy (non-hydrogen) atoms. The first-order valence-corrected chi connectivity index (χ1v) is 10.1. The zero-order valence-electron chi connectivity index (χ0n) is 16.0. The van der Waals surface area contributed by atoms with Gasteiger partial charge in [-0.05, 0) is 49.4 Å². The maximum absolute atomic E-state index is 12.9. The molecule has 2 fully saturated rings. The van der Waals surface area contributed by atoms with Crippen molar-refractivity contribution in [1.82, 2.24) is 9.80 Å². The number of rotatable bonds is 3. The third kappa shape index (κ3) is 3.89. The third-order valence-corrected chi connectivity index (χ3v) is 5.96. The number of carbonyl (C=O) groups is 2. The van der Waals surface area contributed by atoms with E-state index in [1.807, 2.05) is 28.9 Å². The second-order valence-corrected chi connectivity index (χ2v) is 7.79. The maximum atomic E-state index is 12.9. The van der Waals surface area contributed by atoms with Crippen LogP contribution in [0, 0.1) is 12.8 Å². The van der Waals surface area contributed by atoms with Crippen molar-refractivity contribution >= 4 is 11.8 Å². The van der Waals surface area contributed by atoms with Gasteiger partial charge in [0.25, 0.3) is 0 Å². The number of aryl methyl sites for hydroxylation is 1. The minimum atomic E-state index is 0.118. The monoisotopic (exact) mass is 372 g/mol. The molecule has 0 bridgehead atoms. The lowest BCUT2D eigenvalue weighted by molar-refractivity contribution is -0.138. The van der Waals surface area contributed by atoms with Gasteiger partial charge in [-0.2, -0.15) is 0 Å². The number of hydrogen-bond donors (Lipinski definition) is 0.